The summed E-state index contributed by atoms with van der Waals surface area (Å²) in [6.45, 7) is 7.66. The SMILES string of the molecule is CC(C)(C)[Si](OCC[C@H]1CCCC[C@H]1O)(c1ccccc1)c1ccccc1. The Morgan fingerprint density at radius 3 is 1.89 bits per heavy atom. The molecule has 3 heteroatoms. The van der Waals surface area contributed by atoms with E-state index in [1.165, 1.54) is 16.8 Å². The second kappa shape index (κ2) is 8.72. The van der Waals surface area contributed by atoms with Gasteiger partial charge in [-0.2, -0.15) is 0 Å². The second-order valence-electron chi connectivity index (χ2n) is 8.91. The topological polar surface area (TPSA) is 29.5 Å². The van der Waals surface area contributed by atoms with Crippen molar-refractivity contribution in [3.63, 3.8) is 0 Å². The third kappa shape index (κ3) is 4.36. The monoisotopic (exact) mass is 382 g/mol. The fourth-order valence-corrected chi connectivity index (χ4v) is 9.23. The number of aliphatic hydroxyl groups is 1. The number of benzene rings is 2. The average molecular weight is 383 g/mol. The Hall–Kier alpha value is -1.42. The Balaban J connectivity index is 1.92. The summed E-state index contributed by atoms with van der Waals surface area (Å²) in [5, 5.41) is 13.0. The number of rotatable bonds is 6. The molecule has 1 saturated carbocycles. The molecular weight excluding hydrogens is 348 g/mol. The van der Waals surface area contributed by atoms with E-state index in [-0.39, 0.29) is 11.1 Å². The minimum atomic E-state index is -2.44. The predicted octanol–water partition coefficient (Wildman–Crippen LogP) is 4.50. The first kappa shape index (κ1) is 20.3. The molecule has 2 nitrogen and oxygen atoms in total. The molecule has 27 heavy (non-hydrogen) atoms. The van der Waals surface area contributed by atoms with E-state index in [0.717, 1.165) is 32.3 Å². The number of aliphatic hydroxyl groups excluding tert-OH is 1. The molecular formula is C24H34O2Si. The average Bonchev–Trinajstić information content (AvgIpc) is 2.67. The van der Waals surface area contributed by atoms with E-state index >= 15 is 0 Å². The number of hydrogen-bond acceptors (Lipinski definition) is 2. The van der Waals surface area contributed by atoms with Gasteiger partial charge >= 0.3 is 0 Å². The van der Waals surface area contributed by atoms with Gasteiger partial charge in [0.25, 0.3) is 8.32 Å². The lowest BCUT2D eigenvalue weighted by molar-refractivity contribution is 0.0564. The lowest BCUT2D eigenvalue weighted by Gasteiger charge is -2.43. The van der Waals surface area contributed by atoms with Crippen LogP contribution in [-0.4, -0.2) is 26.1 Å². The van der Waals surface area contributed by atoms with Crippen molar-refractivity contribution in [1.29, 1.82) is 0 Å². The maximum Gasteiger partial charge on any atom is 0.261 e. The zero-order chi connectivity index (χ0) is 19.3. The second-order valence-corrected chi connectivity index (χ2v) is 13.2. The molecule has 1 fully saturated rings. The molecule has 0 radical (unpaired) electrons. The lowest BCUT2D eigenvalue weighted by Crippen LogP contribution is -2.66. The molecule has 1 N–H and O–H groups in total. The Morgan fingerprint density at radius 2 is 1.41 bits per heavy atom. The van der Waals surface area contributed by atoms with Crippen molar-refractivity contribution in [2.45, 2.75) is 64.0 Å². The number of hydrogen-bond donors (Lipinski definition) is 1. The highest BCUT2D eigenvalue weighted by atomic mass is 28.4. The van der Waals surface area contributed by atoms with E-state index in [2.05, 4.69) is 81.4 Å². The largest absolute Gasteiger partial charge is 0.407 e. The fourth-order valence-electron chi connectivity index (χ4n) is 4.65. The van der Waals surface area contributed by atoms with Gasteiger partial charge in [0.05, 0.1) is 6.10 Å². The Morgan fingerprint density at radius 1 is 0.889 bits per heavy atom. The minimum Gasteiger partial charge on any atom is -0.407 e. The molecule has 1 aliphatic carbocycles. The van der Waals surface area contributed by atoms with Crippen LogP contribution in [-0.2, 0) is 4.43 Å². The summed E-state index contributed by atoms with van der Waals surface area (Å²) >= 11 is 0. The van der Waals surface area contributed by atoms with Crippen LogP contribution in [0, 0.1) is 5.92 Å². The molecule has 0 aromatic heterocycles. The zero-order valence-electron chi connectivity index (χ0n) is 17.0. The van der Waals surface area contributed by atoms with Gasteiger partial charge < -0.3 is 9.53 Å². The van der Waals surface area contributed by atoms with Crippen LogP contribution in [0.5, 0.6) is 0 Å². The molecule has 0 bridgehead atoms. The summed E-state index contributed by atoms with van der Waals surface area (Å²) < 4.78 is 6.95. The molecule has 2 aromatic rings. The summed E-state index contributed by atoms with van der Waals surface area (Å²) in [6.07, 6.45) is 5.27. The molecule has 3 rings (SSSR count). The van der Waals surface area contributed by atoms with Crippen molar-refractivity contribution in [3.05, 3.63) is 60.7 Å². The van der Waals surface area contributed by atoms with E-state index in [0.29, 0.717) is 5.92 Å². The molecule has 2 atom stereocenters. The molecule has 0 amide bonds. The van der Waals surface area contributed by atoms with Crippen LogP contribution in [0.15, 0.2) is 60.7 Å². The first-order valence-corrected chi connectivity index (χ1v) is 12.3. The molecule has 146 valence electrons. The van der Waals surface area contributed by atoms with Crippen LogP contribution in [0.3, 0.4) is 0 Å². The van der Waals surface area contributed by atoms with Crippen molar-refractivity contribution in [1.82, 2.24) is 0 Å². The molecule has 0 aliphatic heterocycles. The van der Waals surface area contributed by atoms with E-state index in [9.17, 15) is 5.11 Å². The van der Waals surface area contributed by atoms with Gasteiger partial charge in [-0.15, -0.1) is 0 Å². The molecule has 0 saturated heterocycles. The molecule has 0 unspecified atom stereocenters. The summed E-state index contributed by atoms with van der Waals surface area (Å²) in [4.78, 5) is 0. The smallest absolute Gasteiger partial charge is 0.261 e. The first-order chi connectivity index (χ1) is 12.9. The van der Waals surface area contributed by atoms with Crippen molar-refractivity contribution < 1.29 is 9.53 Å². The van der Waals surface area contributed by atoms with Gasteiger partial charge in [0.2, 0.25) is 0 Å². The van der Waals surface area contributed by atoms with Gasteiger partial charge in [0.15, 0.2) is 0 Å². The van der Waals surface area contributed by atoms with E-state index < -0.39 is 8.32 Å². The summed E-state index contributed by atoms with van der Waals surface area (Å²) in [5.41, 5.74) is 0. The summed E-state index contributed by atoms with van der Waals surface area (Å²) in [6, 6.07) is 21.6. The summed E-state index contributed by atoms with van der Waals surface area (Å²) in [5.74, 6) is 0.386. The highest BCUT2D eigenvalue weighted by Gasteiger charge is 2.50. The van der Waals surface area contributed by atoms with Crippen LogP contribution in [0.1, 0.15) is 52.9 Å². The molecule has 0 spiro atoms. The van der Waals surface area contributed by atoms with Crippen LogP contribution in [0.2, 0.25) is 5.04 Å². The Bertz CT molecular complexity index is 654. The van der Waals surface area contributed by atoms with Crippen molar-refractivity contribution in [3.8, 4) is 0 Å². The first-order valence-electron chi connectivity index (χ1n) is 10.4. The highest BCUT2D eigenvalue weighted by molar-refractivity contribution is 6.99. The summed E-state index contributed by atoms with van der Waals surface area (Å²) in [7, 11) is -2.44. The molecule has 2 aromatic carbocycles. The lowest BCUT2D eigenvalue weighted by atomic mass is 9.85. The van der Waals surface area contributed by atoms with Gasteiger partial charge in [-0.3, -0.25) is 0 Å². The maximum absolute atomic E-state index is 10.3. The predicted molar refractivity (Wildman–Crippen MR) is 116 cm³/mol. The standard InChI is InChI=1S/C24H34O2Si/c1-24(2,3)27(21-13-6-4-7-14-21,22-15-8-5-9-16-22)26-19-18-20-12-10-11-17-23(20)25/h4-9,13-16,20,23,25H,10-12,17-19H2,1-3H3/t20-,23-/m1/s1. The zero-order valence-corrected chi connectivity index (χ0v) is 18.0. The third-order valence-corrected chi connectivity index (χ3v) is 11.1. The van der Waals surface area contributed by atoms with Gasteiger partial charge in [-0.1, -0.05) is 94.3 Å². The van der Waals surface area contributed by atoms with Crippen molar-refractivity contribution >= 4 is 18.7 Å². The Kier molecular flexibility index (Phi) is 6.56. The Labute approximate surface area is 165 Å². The van der Waals surface area contributed by atoms with Crippen LogP contribution >= 0.6 is 0 Å². The van der Waals surface area contributed by atoms with E-state index in [4.69, 9.17) is 4.43 Å². The van der Waals surface area contributed by atoms with Crippen molar-refractivity contribution in [2.24, 2.45) is 5.92 Å². The highest BCUT2D eigenvalue weighted by Crippen LogP contribution is 2.37. The van der Waals surface area contributed by atoms with Gasteiger partial charge in [-0.25, -0.2) is 0 Å². The third-order valence-electron chi connectivity index (χ3n) is 6.09. The molecule has 0 heterocycles. The van der Waals surface area contributed by atoms with Crippen LogP contribution < -0.4 is 10.4 Å². The fraction of sp³-hybridized carbons (Fsp3) is 0.500. The maximum atomic E-state index is 10.3. The van der Waals surface area contributed by atoms with Gasteiger partial charge in [0.1, 0.15) is 0 Å². The van der Waals surface area contributed by atoms with Gasteiger partial charge in [-0.05, 0) is 40.6 Å². The van der Waals surface area contributed by atoms with E-state index in [1.54, 1.807) is 0 Å². The molecule has 1 aliphatic rings. The van der Waals surface area contributed by atoms with Gasteiger partial charge in [0, 0.05) is 6.61 Å². The van der Waals surface area contributed by atoms with E-state index in [1.807, 2.05) is 0 Å². The normalized spacial score (nSPS) is 21.2. The van der Waals surface area contributed by atoms with Crippen molar-refractivity contribution in [2.75, 3.05) is 6.61 Å². The van der Waals surface area contributed by atoms with Crippen LogP contribution in [0.25, 0.3) is 0 Å². The quantitative estimate of drug-likeness (QED) is 0.745. The minimum absolute atomic E-state index is 0.0148. The van der Waals surface area contributed by atoms with Crippen LogP contribution in [0.4, 0.5) is 0 Å².